The first-order chi connectivity index (χ1) is 4.95. The lowest BCUT2D eigenvalue weighted by molar-refractivity contribution is 0.531. The van der Waals surface area contributed by atoms with Crippen LogP contribution in [0.1, 0.15) is 13.8 Å². The van der Waals surface area contributed by atoms with E-state index in [9.17, 15) is 13.2 Å². The Kier molecular flexibility index (Phi) is 3.65. The highest BCUT2D eigenvalue weighted by molar-refractivity contribution is 5.27. The lowest BCUT2D eigenvalue weighted by atomic mass is 10.2. The van der Waals surface area contributed by atoms with Crippen molar-refractivity contribution in [1.82, 2.24) is 0 Å². The van der Waals surface area contributed by atoms with E-state index in [0.717, 1.165) is 0 Å². The van der Waals surface area contributed by atoms with Gasteiger partial charge < -0.3 is 0 Å². The average Bonchev–Trinajstić information content (AvgIpc) is 1.84. The Morgan fingerprint density at radius 2 is 1.64 bits per heavy atom. The zero-order valence-corrected chi connectivity index (χ0v) is 6.42. The highest BCUT2D eigenvalue weighted by Gasteiger charge is 2.04. The molecule has 0 amide bonds. The molecule has 0 fully saturated rings. The van der Waals surface area contributed by atoms with Gasteiger partial charge in [0.05, 0.1) is 0 Å². The van der Waals surface area contributed by atoms with Crippen molar-refractivity contribution in [3.8, 4) is 0 Å². The van der Waals surface area contributed by atoms with Gasteiger partial charge in [-0.15, -0.1) is 0 Å². The summed E-state index contributed by atoms with van der Waals surface area (Å²) in [5.41, 5.74) is 0.167. The van der Waals surface area contributed by atoms with Crippen molar-refractivity contribution in [3.63, 3.8) is 0 Å². The van der Waals surface area contributed by atoms with Gasteiger partial charge in [-0.25, -0.2) is 13.2 Å². The second kappa shape index (κ2) is 4.01. The maximum absolute atomic E-state index is 12.5. The van der Waals surface area contributed by atoms with Gasteiger partial charge in [0.15, 0.2) is 11.7 Å². The second-order valence-corrected chi connectivity index (χ2v) is 2.25. The number of hydrogen-bond donors (Lipinski definition) is 0. The molecule has 0 nitrogen and oxygen atoms in total. The lowest BCUT2D eigenvalue weighted by Gasteiger charge is -1.94. The van der Waals surface area contributed by atoms with Crippen LogP contribution in [-0.4, -0.2) is 0 Å². The zero-order valence-electron chi connectivity index (χ0n) is 6.42. The Bertz CT molecular complexity index is 219. The molecule has 0 aromatic heterocycles. The number of hydrogen-bond acceptors (Lipinski definition) is 0. The summed E-state index contributed by atoms with van der Waals surface area (Å²) >= 11 is 0. The van der Waals surface area contributed by atoms with Gasteiger partial charge in [0, 0.05) is 6.08 Å². The summed E-state index contributed by atoms with van der Waals surface area (Å²) in [4.78, 5) is 0. The maximum atomic E-state index is 12.5. The second-order valence-electron chi connectivity index (χ2n) is 2.25. The first kappa shape index (κ1) is 10.0. The van der Waals surface area contributed by atoms with Crippen LogP contribution in [0.4, 0.5) is 13.2 Å². The predicted molar refractivity (Wildman–Crippen MR) is 38.9 cm³/mol. The molecule has 0 rings (SSSR count). The van der Waals surface area contributed by atoms with Crippen LogP contribution in [0.5, 0.6) is 0 Å². The molecule has 0 aliphatic carbocycles. The Balaban J connectivity index is 4.63. The van der Waals surface area contributed by atoms with Crippen LogP contribution >= 0.6 is 0 Å². The third-order valence-electron chi connectivity index (χ3n) is 0.932. The van der Waals surface area contributed by atoms with Crippen molar-refractivity contribution >= 4 is 0 Å². The van der Waals surface area contributed by atoms with Crippen molar-refractivity contribution in [2.75, 3.05) is 0 Å². The molecule has 0 N–H and O–H groups in total. The third kappa shape index (κ3) is 3.65. The van der Waals surface area contributed by atoms with Crippen molar-refractivity contribution in [1.29, 1.82) is 0 Å². The van der Waals surface area contributed by atoms with E-state index in [1.807, 2.05) is 0 Å². The number of rotatable bonds is 2. The molecule has 0 radical (unpaired) electrons. The minimum absolute atomic E-state index is 0.167. The Morgan fingerprint density at radius 3 is 1.91 bits per heavy atom. The van der Waals surface area contributed by atoms with Crippen LogP contribution in [0, 0.1) is 0 Å². The molecule has 0 saturated heterocycles. The quantitative estimate of drug-likeness (QED) is 0.544. The van der Waals surface area contributed by atoms with Gasteiger partial charge >= 0.3 is 0 Å². The maximum Gasteiger partial charge on any atom is 0.161 e. The molecular formula is C8H9F3. The summed E-state index contributed by atoms with van der Waals surface area (Å²) < 4.78 is 36.8. The highest BCUT2D eigenvalue weighted by Crippen LogP contribution is 2.18. The van der Waals surface area contributed by atoms with Gasteiger partial charge in [-0.05, 0) is 19.4 Å². The van der Waals surface area contributed by atoms with Gasteiger partial charge in [0.25, 0.3) is 0 Å². The fraction of sp³-hybridized carbons (Fsp3) is 0.250. The van der Waals surface area contributed by atoms with E-state index in [4.69, 9.17) is 0 Å². The monoisotopic (exact) mass is 162 g/mol. The first-order valence-corrected chi connectivity index (χ1v) is 3.00. The molecule has 0 aliphatic heterocycles. The first-order valence-electron chi connectivity index (χ1n) is 3.00. The van der Waals surface area contributed by atoms with Crippen molar-refractivity contribution < 1.29 is 13.2 Å². The minimum Gasteiger partial charge on any atom is -0.208 e. The SMILES string of the molecule is C=C(F)/C=C(/F)C(F)=C(C)C. The summed E-state index contributed by atoms with van der Waals surface area (Å²) in [6.07, 6.45) is 0.405. The predicted octanol–water partition coefficient (Wildman–Crippen LogP) is 3.59. The van der Waals surface area contributed by atoms with Crippen LogP contribution in [0.3, 0.4) is 0 Å². The smallest absolute Gasteiger partial charge is 0.161 e. The van der Waals surface area contributed by atoms with Gasteiger partial charge in [-0.3, -0.25) is 0 Å². The Labute approximate surface area is 63.7 Å². The van der Waals surface area contributed by atoms with E-state index in [-0.39, 0.29) is 5.57 Å². The fourth-order valence-corrected chi connectivity index (χ4v) is 0.440. The molecule has 0 spiro atoms. The Hall–Kier alpha value is -0.990. The molecule has 3 heteroatoms. The van der Waals surface area contributed by atoms with Crippen LogP contribution in [0.25, 0.3) is 0 Å². The van der Waals surface area contributed by atoms with E-state index in [1.165, 1.54) is 13.8 Å². The molecule has 0 atom stereocenters. The highest BCUT2D eigenvalue weighted by atomic mass is 19.2. The van der Waals surface area contributed by atoms with Crippen LogP contribution in [0.2, 0.25) is 0 Å². The Morgan fingerprint density at radius 1 is 1.18 bits per heavy atom. The lowest BCUT2D eigenvalue weighted by Crippen LogP contribution is -1.79. The number of allylic oxidation sites excluding steroid dienone is 5. The van der Waals surface area contributed by atoms with Gasteiger partial charge in [0.2, 0.25) is 0 Å². The van der Waals surface area contributed by atoms with Gasteiger partial charge in [-0.2, -0.15) is 0 Å². The molecule has 0 aromatic carbocycles. The van der Waals surface area contributed by atoms with Crippen LogP contribution in [0.15, 0.2) is 35.7 Å². The van der Waals surface area contributed by atoms with Crippen LogP contribution in [-0.2, 0) is 0 Å². The molecule has 62 valence electrons. The van der Waals surface area contributed by atoms with E-state index < -0.39 is 17.5 Å². The molecule has 0 heterocycles. The van der Waals surface area contributed by atoms with E-state index >= 15 is 0 Å². The average molecular weight is 162 g/mol. The largest absolute Gasteiger partial charge is 0.208 e. The molecular weight excluding hydrogens is 153 g/mol. The molecule has 0 saturated carbocycles. The zero-order chi connectivity index (χ0) is 9.02. The normalized spacial score (nSPS) is 11.2. The summed E-state index contributed by atoms with van der Waals surface area (Å²) in [5.74, 6) is -3.26. The summed E-state index contributed by atoms with van der Waals surface area (Å²) in [5, 5.41) is 0. The van der Waals surface area contributed by atoms with E-state index in [1.54, 1.807) is 0 Å². The van der Waals surface area contributed by atoms with Crippen molar-refractivity contribution in [2.45, 2.75) is 13.8 Å². The van der Waals surface area contributed by atoms with Crippen molar-refractivity contribution in [3.05, 3.63) is 35.7 Å². The summed E-state index contributed by atoms with van der Waals surface area (Å²) in [7, 11) is 0. The number of halogens is 3. The molecule has 0 aromatic rings. The standard InChI is InChI=1S/C8H9F3/c1-5(2)8(11)7(10)4-6(3)9/h4H,3H2,1-2H3/b7-4+. The van der Waals surface area contributed by atoms with Crippen LogP contribution < -0.4 is 0 Å². The topological polar surface area (TPSA) is 0 Å². The van der Waals surface area contributed by atoms with E-state index in [0.29, 0.717) is 6.08 Å². The molecule has 0 aliphatic rings. The third-order valence-corrected chi connectivity index (χ3v) is 0.932. The molecule has 0 bridgehead atoms. The van der Waals surface area contributed by atoms with Gasteiger partial charge in [-0.1, -0.05) is 6.58 Å². The van der Waals surface area contributed by atoms with E-state index in [2.05, 4.69) is 6.58 Å². The molecule has 0 unspecified atom stereocenters. The summed E-state index contributed by atoms with van der Waals surface area (Å²) in [6, 6.07) is 0. The van der Waals surface area contributed by atoms with Crippen molar-refractivity contribution in [2.24, 2.45) is 0 Å². The molecule has 11 heavy (non-hydrogen) atoms. The van der Waals surface area contributed by atoms with Gasteiger partial charge in [0.1, 0.15) is 5.83 Å². The fourth-order valence-electron chi connectivity index (χ4n) is 0.440. The summed E-state index contributed by atoms with van der Waals surface area (Å²) in [6.45, 7) is 5.55. The minimum atomic E-state index is -1.22.